The van der Waals surface area contributed by atoms with E-state index in [2.05, 4.69) is 13.0 Å². The molecule has 0 spiro atoms. The van der Waals surface area contributed by atoms with Crippen molar-refractivity contribution in [2.45, 2.75) is 38.5 Å². The normalized spacial score (nSPS) is 22.1. The highest BCUT2D eigenvalue weighted by atomic mass is 16.3. The minimum Gasteiger partial charge on any atom is -0.508 e. The van der Waals surface area contributed by atoms with Gasteiger partial charge in [-0.1, -0.05) is 19.4 Å². The van der Waals surface area contributed by atoms with E-state index in [0.29, 0.717) is 11.7 Å². The Morgan fingerprint density at radius 2 is 2.15 bits per heavy atom. The number of fused-ring (bicyclic) bond motifs is 1. The maximum atomic E-state index is 9.37. The van der Waals surface area contributed by atoms with Gasteiger partial charge in [-0.2, -0.15) is 0 Å². The molecule has 1 N–H and O–H groups in total. The Hall–Kier alpha value is -0.980. The van der Waals surface area contributed by atoms with E-state index in [9.17, 15) is 5.11 Å². The Balaban J connectivity index is 2.42. The smallest absolute Gasteiger partial charge is 0.115 e. The molecule has 1 aromatic carbocycles. The van der Waals surface area contributed by atoms with Crippen LogP contribution < -0.4 is 0 Å². The quantitative estimate of drug-likeness (QED) is 0.602. The van der Waals surface area contributed by atoms with Crippen molar-refractivity contribution in [2.75, 3.05) is 0 Å². The van der Waals surface area contributed by atoms with Crippen molar-refractivity contribution in [2.24, 2.45) is 0 Å². The topological polar surface area (TPSA) is 20.2 Å². The average molecular weight is 176 g/mol. The molecule has 0 saturated heterocycles. The summed E-state index contributed by atoms with van der Waals surface area (Å²) in [5.41, 5.74) is 2.79. The van der Waals surface area contributed by atoms with Crippen molar-refractivity contribution in [1.29, 1.82) is 0 Å². The molecule has 70 valence electrons. The number of rotatable bonds is 0. The maximum absolute atomic E-state index is 9.37. The van der Waals surface area contributed by atoms with Gasteiger partial charge >= 0.3 is 0 Å². The predicted molar refractivity (Wildman–Crippen MR) is 54.1 cm³/mol. The molecule has 0 aromatic heterocycles. The standard InChI is InChI=1S/C12H16O/c1-9-4-2-3-5-10-8-11(13)6-7-12(9)10/h6-9,13H,2-5H2,1H3. The van der Waals surface area contributed by atoms with Crippen molar-refractivity contribution in [3.63, 3.8) is 0 Å². The highest BCUT2D eigenvalue weighted by molar-refractivity contribution is 5.37. The van der Waals surface area contributed by atoms with Gasteiger partial charge < -0.3 is 5.11 Å². The van der Waals surface area contributed by atoms with Crippen molar-refractivity contribution < 1.29 is 5.11 Å². The van der Waals surface area contributed by atoms with Gasteiger partial charge in [-0.15, -0.1) is 0 Å². The fourth-order valence-electron chi connectivity index (χ4n) is 2.21. The van der Waals surface area contributed by atoms with Crippen LogP contribution in [0.1, 0.15) is 43.2 Å². The zero-order valence-corrected chi connectivity index (χ0v) is 8.09. The lowest BCUT2D eigenvalue weighted by Gasteiger charge is -2.11. The molecule has 1 atom stereocenters. The van der Waals surface area contributed by atoms with Crippen LogP contribution in [0.4, 0.5) is 0 Å². The van der Waals surface area contributed by atoms with Crippen LogP contribution in [0.25, 0.3) is 0 Å². The minimum absolute atomic E-state index is 0.410. The number of aromatic hydroxyl groups is 1. The van der Waals surface area contributed by atoms with E-state index >= 15 is 0 Å². The summed E-state index contributed by atoms with van der Waals surface area (Å²) in [6, 6.07) is 5.82. The zero-order valence-electron chi connectivity index (χ0n) is 8.09. The van der Waals surface area contributed by atoms with E-state index < -0.39 is 0 Å². The number of phenolic OH excluding ortho intramolecular Hbond substituents is 1. The van der Waals surface area contributed by atoms with Gasteiger partial charge in [0.25, 0.3) is 0 Å². The monoisotopic (exact) mass is 176 g/mol. The van der Waals surface area contributed by atoms with E-state index in [0.717, 1.165) is 6.42 Å². The molecule has 0 aliphatic heterocycles. The van der Waals surface area contributed by atoms with Crippen LogP contribution in [-0.2, 0) is 6.42 Å². The zero-order chi connectivity index (χ0) is 9.26. The number of hydrogen-bond acceptors (Lipinski definition) is 1. The summed E-state index contributed by atoms with van der Waals surface area (Å²) < 4.78 is 0. The second-order valence-corrected chi connectivity index (χ2v) is 4.03. The first-order valence-electron chi connectivity index (χ1n) is 5.09. The lowest BCUT2D eigenvalue weighted by atomic mass is 9.94. The van der Waals surface area contributed by atoms with Crippen molar-refractivity contribution in [1.82, 2.24) is 0 Å². The average Bonchev–Trinajstić information content (AvgIpc) is 2.28. The molecule has 1 heteroatoms. The van der Waals surface area contributed by atoms with Crippen LogP contribution in [0, 0.1) is 0 Å². The number of hydrogen-bond donors (Lipinski definition) is 1. The van der Waals surface area contributed by atoms with Gasteiger partial charge in [0, 0.05) is 0 Å². The second kappa shape index (κ2) is 3.41. The van der Waals surface area contributed by atoms with Crippen molar-refractivity contribution >= 4 is 0 Å². The molecule has 1 nitrogen and oxygen atoms in total. The van der Waals surface area contributed by atoms with Crippen LogP contribution in [0.15, 0.2) is 18.2 Å². The molecule has 1 aliphatic carbocycles. The lowest BCUT2D eigenvalue weighted by molar-refractivity contribution is 0.474. The molecule has 0 bridgehead atoms. The molecule has 2 rings (SSSR count). The summed E-state index contributed by atoms with van der Waals surface area (Å²) in [7, 11) is 0. The fourth-order valence-corrected chi connectivity index (χ4v) is 2.21. The molecular formula is C12H16O. The predicted octanol–water partition coefficient (Wildman–Crippen LogP) is 3.22. The molecular weight excluding hydrogens is 160 g/mol. The fraction of sp³-hybridized carbons (Fsp3) is 0.500. The lowest BCUT2D eigenvalue weighted by Crippen LogP contribution is -1.94. The van der Waals surface area contributed by atoms with Gasteiger partial charge in [0.05, 0.1) is 0 Å². The Labute approximate surface area is 79.4 Å². The number of phenols is 1. The summed E-state index contributed by atoms with van der Waals surface area (Å²) in [5, 5.41) is 9.37. The number of aryl methyl sites for hydroxylation is 1. The molecule has 1 aromatic rings. The van der Waals surface area contributed by atoms with Crippen LogP contribution >= 0.6 is 0 Å². The second-order valence-electron chi connectivity index (χ2n) is 4.03. The van der Waals surface area contributed by atoms with Gasteiger partial charge in [0.1, 0.15) is 5.75 Å². The SMILES string of the molecule is CC1CCCCc2cc(O)ccc21. The summed E-state index contributed by atoms with van der Waals surface area (Å²) in [5.74, 6) is 1.07. The van der Waals surface area contributed by atoms with Crippen LogP contribution in [0.2, 0.25) is 0 Å². The minimum atomic E-state index is 0.410. The van der Waals surface area contributed by atoms with E-state index in [-0.39, 0.29) is 0 Å². The van der Waals surface area contributed by atoms with Crippen molar-refractivity contribution in [3.05, 3.63) is 29.3 Å². The van der Waals surface area contributed by atoms with Gasteiger partial charge in [0.2, 0.25) is 0 Å². The first-order valence-corrected chi connectivity index (χ1v) is 5.09. The van der Waals surface area contributed by atoms with Gasteiger partial charge in [0.15, 0.2) is 0 Å². The molecule has 1 unspecified atom stereocenters. The summed E-state index contributed by atoms with van der Waals surface area (Å²) in [4.78, 5) is 0. The number of benzene rings is 1. The maximum Gasteiger partial charge on any atom is 0.115 e. The Morgan fingerprint density at radius 1 is 1.31 bits per heavy atom. The van der Waals surface area contributed by atoms with E-state index in [1.165, 1.54) is 30.4 Å². The van der Waals surface area contributed by atoms with Crippen LogP contribution in [0.3, 0.4) is 0 Å². The molecule has 1 aliphatic rings. The summed E-state index contributed by atoms with van der Waals surface area (Å²) in [6.07, 6.45) is 5.00. The van der Waals surface area contributed by atoms with Crippen LogP contribution in [0.5, 0.6) is 5.75 Å². The molecule has 0 saturated carbocycles. The molecule has 0 radical (unpaired) electrons. The highest BCUT2D eigenvalue weighted by Gasteiger charge is 2.14. The van der Waals surface area contributed by atoms with Gasteiger partial charge in [-0.25, -0.2) is 0 Å². The van der Waals surface area contributed by atoms with Gasteiger partial charge in [-0.05, 0) is 48.4 Å². The Bertz CT molecular complexity index is 304. The Morgan fingerprint density at radius 3 is 3.00 bits per heavy atom. The van der Waals surface area contributed by atoms with Crippen LogP contribution in [-0.4, -0.2) is 5.11 Å². The van der Waals surface area contributed by atoms with E-state index in [1.807, 2.05) is 6.07 Å². The molecule has 0 fully saturated rings. The third-order valence-electron chi connectivity index (χ3n) is 2.99. The Kier molecular flexibility index (Phi) is 2.26. The van der Waals surface area contributed by atoms with Crippen molar-refractivity contribution in [3.8, 4) is 5.75 Å². The largest absolute Gasteiger partial charge is 0.508 e. The molecule has 0 amide bonds. The third-order valence-corrected chi connectivity index (χ3v) is 2.99. The van der Waals surface area contributed by atoms with E-state index in [4.69, 9.17) is 0 Å². The van der Waals surface area contributed by atoms with E-state index in [1.54, 1.807) is 6.07 Å². The third kappa shape index (κ3) is 1.69. The first kappa shape index (κ1) is 8.61. The summed E-state index contributed by atoms with van der Waals surface area (Å²) in [6.45, 7) is 2.28. The highest BCUT2D eigenvalue weighted by Crippen LogP contribution is 2.31. The summed E-state index contributed by atoms with van der Waals surface area (Å²) >= 11 is 0. The van der Waals surface area contributed by atoms with Gasteiger partial charge in [-0.3, -0.25) is 0 Å². The molecule has 13 heavy (non-hydrogen) atoms. The first-order chi connectivity index (χ1) is 6.27. The molecule has 0 heterocycles.